The fourth-order valence-electron chi connectivity index (χ4n) is 1.69. The lowest BCUT2D eigenvalue weighted by Crippen LogP contribution is -2.30. The lowest BCUT2D eigenvalue weighted by Gasteiger charge is -2.19. The Bertz CT molecular complexity index is 682. The number of nitrogens with one attached hydrogen (secondary N) is 2. The van der Waals surface area contributed by atoms with Crippen LogP contribution in [-0.4, -0.2) is 43.4 Å². The van der Waals surface area contributed by atoms with E-state index in [-0.39, 0.29) is 17.8 Å². The lowest BCUT2D eigenvalue weighted by molar-refractivity contribution is 0.0944. The van der Waals surface area contributed by atoms with Gasteiger partial charge in [0.05, 0.1) is 16.9 Å². The molecule has 0 saturated carbocycles. The fraction of sp³-hybridized carbons (Fsp3) is 0.308. The zero-order valence-electron chi connectivity index (χ0n) is 12.1. The molecular weight excluding hydrogens is 306 g/mol. The monoisotopic (exact) mass is 321 g/mol. The van der Waals surface area contributed by atoms with Crippen molar-refractivity contribution in [2.75, 3.05) is 17.6 Å². The summed E-state index contributed by atoms with van der Waals surface area (Å²) in [6.45, 7) is 3.54. The molecule has 0 aliphatic rings. The van der Waals surface area contributed by atoms with Gasteiger partial charge in [-0.3, -0.25) is 0 Å². The highest BCUT2D eigenvalue weighted by atomic mass is 35.5. The summed E-state index contributed by atoms with van der Waals surface area (Å²) in [4.78, 5) is 16.0. The normalized spacial score (nSPS) is 11.3. The highest BCUT2D eigenvalue weighted by Gasteiger charge is 2.17. The standard InChI is InChI=1S/C13H16ClN7O/c1-13(2,22)6-19-10-8(3-15)9(20-11(14)21-10)7-4-17-12(16)18-5-7/h3-5,15,22H,6H2,1-2H3,(H2,16,17,18)(H,19,20,21). The van der Waals surface area contributed by atoms with E-state index in [0.29, 0.717) is 22.6 Å². The molecule has 0 unspecified atom stereocenters. The Morgan fingerprint density at radius 1 is 1.36 bits per heavy atom. The number of nitrogens with zero attached hydrogens (tertiary/aromatic N) is 4. The van der Waals surface area contributed by atoms with Gasteiger partial charge in [-0.25, -0.2) is 19.9 Å². The van der Waals surface area contributed by atoms with Crippen LogP contribution in [0.3, 0.4) is 0 Å². The lowest BCUT2D eigenvalue weighted by atomic mass is 10.1. The summed E-state index contributed by atoms with van der Waals surface area (Å²) < 4.78 is 0. The minimum atomic E-state index is -0.943. The minimum Gasteiger partial charge on any atom is -0.389 e. The Kier molecular flexibility index (Phi) is 4.53. The molecule has 0 radical (unpaired) electrons. The van der Waals surface area contributed by atoms with Crippen molar-refractivity contribution in [1.29, 1.82) is 5.41 Å². The molecule has 0 amide bonds. The van der Waals surface area contributed by atoms with Gasteiger partial charge in [-0.2, -0.15) is 0 Å². The number of anilines is 2. The molecule has 116 valence electrons. The maximum absolute atomic E-state index is 9.80. The van der Waals surface area contributed by atoms with Gasteiger partial charge in [0.15, 0.2) is 0 Å². The van der Waals surface area contributed by atoms with Gasteiger partial charge in [-0.05, 0) is 25.4 Å². The first-order valence-corrected chi connectivity index (χ1v) is 6.80. The van der Waals surface area contributed by atoms with E-state index in [4.69, 9.17) is 22.7 Å². The van der Waals surface area contributed by atoms with E-state index in [1.807, 2.05) is 0 Å². The molecule has 2 aromatic rings. The average Bonchev–Trinajstić information content (AvgIpc) is 2.44. The topological polar surface area (TPSA) is 134 Å². The van der Waals surface area contributed by atoms with Gasteiger partial charge < -0.3 is 21.6 Å². The molecule has 2 aromatic heterocycles. The van der Waals surface area contributed by atoms with Gasteiger partial charge >= 0.3 is 0 Å². The van der Waals surface area contributed by atoms with Crippen LogP contribution in [0.15, 0.2) is 12.4 Å². The minimum absolute atomic E-state index is 0.00988. The molecule has 0 aliphatic carbocycles. The summed E-state index contributed by atoms with van der Waals surface area (Å²) >= 11 is 5.94. The van der Waals surface area contributed by atoms with Gasteiger partial charge in [-0.15, -0.1) is 0 Å². The Balaban J connectivity index is 2.48. The summed E-state index contributed by atoms with van der Waals surface area (Å²) in [5, 5.41) is 20.4. The molecule has 0 bridgehead atoms. The Morgan fingerprint density at radius 3 is 2.55 bits per heavy atom. The van der Waals surface area contributed by atoms with E-state index in [9.17, 15) is 5.11 Å². The van der Waals surface area contributed by atoms with E-state index < -0.39 is 5.60 Å². The van der Waals surface area contributed by atoms with Crippen molar-refractivity contribution >= 4 is 29.6 Å². The molecule has 2 rings (SSSR count). The molecule has 8 nitrogen and oxygen atoms in total. The van der Waals surface area contributed by atoms with E-state index in [1.54, 1.807) is 13.8 Å². The van der Waals surface area contributed by atoms with Crippen molar-refractivity contribution in [3.8, 4) is 11.3 Å². The van der Waals surface area contributed by atoms with Crippen molar-refractivity contribution in [3.05, 3.63) is 23.2 Å². The first kappa shape index (κ1) is 16.1. The molecule has 0 atom stereocenters. The van der Waals surface area contributed by atoms with Crippen LogP contribution >= 0.6 is 11.6 Å². The van der Waals surface area contributed by atoms with Crippen LogP contribution in [0.25, 0.3) is 11.3 Å². The summed E-state index contributed by atoms with van der Waals surface area (Å²) in [5.41, 5.74) is 5.91. The molecule has 0 saturated heterocycles. The highest BCUT2D eigenvalue weighted by Crippen LogP contribution is 2.26. The molecule has 9 heteroatoms. The first-order valence-electron chi connectivity index (χ1n) is 6.42. The number of halogens is 1. The van der Waals surface area contributed by atoms with Gasteiger partial charge in [0, 0.05) is 30.7 Å². The average molecular weight is 322 g/mol. The summed E-state index contributed by atoms with van der Waals surface area (Å²) in [7, 11) is 0. The fourth-order valence-corrected chi connectivity index (χ4v) is 1.86. The third-order valence-electron chi connectivity index (χ3n) is 2.70. The second-order valence-corrected chi connectivity index (χ2v) is 5.58. The van der Waals surface area contributed by atoms with Crippen molar-refractivity contribution in [2.45, 2.75) is 19.4 Å². The number of hydrogen-bond acceptors (Lipinski definition) is 8. The highest BCUT2D eigenvalue weighted by molar-refractivity contribution is 6.28. The van der Waals surface area contributed by atoms with E-state index in [2.05, 4.69) is 25.3 Å². The van der Waals surface area contributed by atoms with Crippen LogP contribution < -0.4 is 11.1 Å². The maximum Gasteiger partial charge on any atom is 0.224 e. The quantitative estimate of drug-likeness (QED) is 0.482. The van der Waals surface area contributed by atoms with Gasteiger partial charge in [0.2, 0.25) is 11.2 Å². The van der Waals surface area contributed by atoms with Crippen LogP contribution in [0, 0.1) is 5.41 Å². The molecule has 0 spiro atoms. The number of hydrogen-bond donors (Lipinski definition) is 4. The largest absolute Gasteiger partial charge is 0.389 e. The van der Waals surface area contributed by atoms with Crippen molar-refractivity contribution in [2.24, 2.45) is 0 Å². The summed E-state index contributed by atoms with van der Waals surface area (Å²) in [5.74, 6) is 0.490. The number of aliphatic hydroxyl groups is 1. The summed E-state index contributed by atoms with van der Waals surface area (Å²) in [6.07, 6.45) is 4.09. The van der Waals surface area contributed by atoms with Crippen molar-refractivity contribution in [1.82, 2.24) is 19.9 Å². The molecule has 0 aromatic carbocycles. The van der Waals surface area contributed by atoms with E-state index in [1.165, 1.54) is 12.4 Å². The third kappa shape index (κ3) is 3.86. The predicted molar refractivity (Wildman–Crippen MR) is 85.2 cm³/mol. The second-order valence-electron chi connectivity index (χ2n) is 5.24. The van der Waals surface area contributed by atoms with Crippen LogP contribution in [-0.2, 0) is 0 Å². The predicted octanol–water partition coefficient (Wildman–Crippen LogP) is 1.35. The number of rotatable bonds is 5. The zero-order chi connectivity index (χ0) is 16.3. The molecule has 5 N–H and O–H groups in total. The number of nitrogens with two attached hydrogens (primary N) is 1. The zero-order valence-corrected chi connectivity index (χ0v) is 12.9. The van der Waals surface area contributed by atoms with Gasteiger partial charge in [-0.1, -0.05) is 0 Å². The van der Waals surface area contributed by atoms with Crippen LogP contribution in [0.1, 0.15) is 19.4 Å². The smallest absolute Gasteiger partial charge is 0.224 e. The van der Waals surface area contributed by atoms with Crippen LogP contribution in [0.2, 0.25) is 5.28 Å². The molecule has 22 heavy (non-hydrogen) atoms. The molecule has 0 fully saturated rings. The Labute approximate surface area is 132 Å². The number of nitrogen functional groups attached to an aromatic ring is 1. The molecule has 2 heterocycles. The van der Waals surface area contributed by atoms with Crippen molar-refractivity contribution < 1.29 is 5.11 Å². The SMILES string of the molecule is CC(C)(O)CNc1nc(Cl)nc(-c2cnc(N)nc2)c1C=N. The van der Waals surface area contributed by atoms with Crippen LogP contribution in [0.5, 0.6) is 0 Å². The van der Waals surface area contributed by atoms with E-state index in [0.717, 1.165) is 6.21 Å². The number of aromatic nitrogens is 4. The van der Waals surface area contributed by atoms with Gasteiger partial charge in [0.1, 0.15) is 5.82 Å². The van der Waals surface area contributed by atoms with Crippen LogP contribution in [0.4, 0.5) is 11.8 Å². The Hall–Kier alpha value is -2.32. The third-order valence-corrected chi connectivity index (χ3v) is 2.87. The molecular formula is C13H16ClN7O. The second kappa shape index (κ2) is 6.20. The van der Waals surface area contributed by atoms with E-state index >= 15 is 0 Å². The maximum atomic E-state index is 9.80. The van der Waals surface area contributed by atoms with Gasteiger partial charge in [0.25, 0.3) is 0 Å². The summed E-state index contributed by atoms with van der Waals surface area (Å²) in [6, 6.07) is 0. The van der Waals surface area contributed by atoms with Crippen molar-refractivity contribution in [3.63, 3.8) is 0 Å². The first-order chi connectivity index (χ1) is 10.3. The molecule has 0 aliphatic heterocycles. The Morgan fingerprint density at radius 2 is 2.00 bits per heavy atom.